The summed E-state index contributed by atoms with van der Waals surface area (Å²) < 4.78 is 2.39. The average molecular weight is 373 g/mol. The molecule has 0 fully saturated rings. The zero-order valence-electron chi connectivity index (χ0n) is 14.2. The molecular formula is C22H16N2S2. The summed E-state index contributed by atoms with van der Waals surface area (Å²) in [4.78, 5) is 9.06. The van der Waals surface area contributed by atoms with Crippen LogP contribution in [0.3, 0.4) is 0 Å². The molecule has 0 radical (unpaired) electrons. The molecule has 0 aliphatic heterocycles. The van der Waals surface area contributed by atoms with Gasteiger partial charge in [-0.25, -0.2) is 9.97 Å². The van der Waals surface area contributed by atoms with Gasteiger partial charge >= 0.3 is 0 Å². The Hall–Kier alpha value is -2.66. The van der Waals surface area contributed by atoms with E-state index >= 15 is 0 Å². The maximum Gasteiger partial charge on any atom is 0.168 e. The third-order valence-corrected chi connectivity index (χ3v) is 5.74. The van der Waals surface area contributed by atoms with Gasteiger partial charge in [0.25, 0.3) is 0 Å². The number of hydrogen-bond donors (Lipinski definition) is 0. The molecular weight excluding hydrogens is 356 g/mol. The third kappa shape index (κ3) is 4.11. The normalized spacial score (nSPS) is 10.3. The molecule has 0 N–H and O–H groups in total. The SMILES string of the molecule is C(#Cc1nc2ccccc2s1)CCCCC#Cc1nc2ccccc2s1. The second-order valence-corrected chi connectivity index (χ2v) is 7.85. The van der Waals surface area contributed by atoms with E-state index in [1.807, 2.05) is 36.4 Å². The molecule has 0 unspecified atom stereocenters. The molecule has 0 amide bonds. The Morgan fingerprint density at radius 1 is 0.654 bits per heavy atom. The van der Waals surface area contributed by atoms with E-state index < -0.39 is 0 Å². The Labute approximate surface area is 160 Å². The second kappa shape index (κ2) is 8.15. The monoisotopic (exact) mass is 372 g/mol. The number of hydrogen-bond acceptors (Lipinski definition) is 4. The Bertz CT molecular complexity index is 1000. The van der Waals surface area contributed by atoms with Crippen LogP contribution in [0.2, 0.25) is 0 Å². The first-order valence-corrected chi connectivity index (χ1v) is 10.2. The first-order chi connectivity index (χ1) is 12.9. The lowest BCUT2D eigenvalue weighted by molar-refractivity contribution is 0.782. The Balaban J connectivity index is 1.24. The van der Waals surface area contributed by atoms with Crippen LogP contribution in [0.4, 0.5) is 0 Å². The molecule has 0 aliphatic rings. The van der Waals surface area contributed by atoms with Gasteiger partial charge in [0, 0.05) is 12.8 Å². The molecule has 2 nitrogen and oxygen atoms in total. The lowest BCUT2D eigenvalue weighted by atomic mass is 10.2. The number of thiazole rings is 2. The maximum absolute atomic E-state index is 4.53. The fourth-order valence-electron chi connectivity index (χ4n) is 2.55. The van der Waals surface area contributed by atoms with Crippen LogP contribution in [0.25, 0.3) is 20.4 Å². The van der Waals surface area contributed by atoms with Gasteiger partial charge in [0.05, 0.1) is 20.4 Å². The van der Waals surface area contributed by atoms with E-state index in [1.54, 1.807) is 22.7 Å². The molecule has 0 saturated heterocycles. The van der Waals surface area contributed by atoms with Gasteiger partial charge in [-0.15, -0.1) is 22.7 Å². The van der Waals surface area contributed by atoms with Crippen molar-refractivity contribution in [3.8, 4) is 23.7 Å². The first-order valence-electron chi connectivity index (χ1n) is 8.57. The van der Waals surface area contributed by atoms with E-state index in [9.17, 15) is 0 Å². The molecule has 2 aromatic heterocycles. The van der Waals surface area contributed by atoms with Crippen molar-refractivity contribution in [2.75, 3.05) is 0 Å². The van der Waals surface area contributed by atoms with Crippen LogP contribution in [-0.2, 0) is 0 Å². The molecule has 4 rings (SSSR count). The summed E-state index contributed by atoms with van der Waals surface area (Å²) in [6.45, 7) is 0. The van der Waals surface area contributed by atoms with Crippen molar-refractivity contribution in [1.29, 1.82) is 0 Å². The quantitative estimate of drug-likeness (QED) is 0.332. The molecule has 4 heteroatoms. The molecule has 0 aliphatic carbocycles. The summed E-state index contributed by atoms with van der Waals surface area (Å²) in [7, 11) is 0. The van der Waals surface area contributed by atoms with E-state index in [0.717, 1.165) is 46.7 Å². The summed E-state index contributed by atoms with van der Waals surface area (Å²) in [5.41, 5.74) is 2.07. The zero-order chi connectivity index (χ0) is 17.6. The predicted octanol–water partition coefficient (Wildman–Crippen LogP) is 5.87. The summed E-state index contributed by atoms with van der Waals surface area (Å²) in [6.07, 6.45) is 3.90. The predicted molar refractivity (Wildman–Crippen MR) is 111 cm³/mol. The second-order valence-electron chi connectivity index (χ2n) is 5.78. The van der Waals surface area contributed by atoms with E-state index in [1.165, 1.54) is 9.40 Å². The van der Waals surface area contributed by atoms with E-state index in [4.69, 9.17) is 0 Å². The highest BCUT2D eigenvalue weighted by molar-refractivity contribution is 7.19. The minimum Gasteiger partial charge on any atom is -0.228 e. The smallest absolute Gasteiger partial charge is 0.168 e. The largest absolute Gasteiger partial charge is 0.228 e. The van der Waals surface area contributed by atoms with Gasteiger partial charge in [0.2, 0.25) is 0 Å². The maximum atomic E-state index is 4.53. The van der Waals surface area contributed by atoms with E-state index in [2.05, 4.69) is 45.8 Å². The molecule has 2 aromatic carbocycles. The molecule has 0 saturated carbocycles. The lowest BCUT2D eigenvalue weighted by Gasteiger charge is -1.88. The molecule has 0 atom stereocenters. The summed E-state index contributed by atoms with van der Waals surface area (Å²) in [5, 5.41) is 1.81. The first kappa shape index (κ1) is 16.8. The van der Waals surface area contributed by atoms with E-state index in [-0.39, 0.29) is 0 Å². The zero-order valence-corrected chi connectivity index (χ0v) is 15.8. The van der Waals surface area contributed by atoms with Crippen molar-refractivity contribution in [1.82, 2.24) is 9.97 Å². The Kier molecular flexibility index (Phi) is 5.26. The van der Waals surface area contributed by atoms with Crippen molar-refractivity contribution in [2.45, 2.75) is 25.7 Å². The minimum absolute atomic E-state index is 0.888. The molecule has 4 aromatic rings. The number of aromatic nitrogens is 2. The number of rotatable bonds is 3. The van der Waals surface area contributed by atoms with Gasteiger partial charge in [-0.1, -0.05) is 36.1 Å². The highest BCUT2D eigenvalue weighted by Gasteiger charge is 2.00. The number of unbranched alkanes of at least 4 members (excludes halogenated alkanes) is 3. The number of nitrogens with zero attached hydrogens (tertiary/aromatic N) is 2. The Morgan fingerprint density at radius 2 is 1.12 bits per heavy atom. The van der Waals surface area contributed by atoms with Crippen LogP contribution in [-0.4, -0.2) is 9.97 Å². The van der Waals surface area contributed by atoms with Crippen molar-refractivity contribution in [3.63, 3.8) is 0 Å². The highest BCUT2D eigenvalue weighted by atomic mass is 32.1. The Morgan fingerprint density at radius 3 is 1.58 bits per heavy atom. The highest BCUT2D eigenvalue weighted by Crippen LogP contribution is 2.21. The number of para-hydroxylation sites is 2. The molecule has 26 heavy (non-hydrogen) atoms. The molecule has 2 heterocycles. The number of benzene rings is 2. The van der Waals surface area contributed by atoms with Crippen LogP contribution < -0.4 is 0 Å². The summed E-state index contributed by atoms with van der Waals surface area (Å²) in [5.74, 6) is 12.8. The van der Waals surface area contributed by atoms with Crippen molar-refractivity contribution in [2.24, 2.45) is 0 Å². The fourth-order valence-corrected chi connectivity index (χ4v) is 4.24. The minimum atomic E-state index is 0.888. The third-order valence-electron chi connectivity index (χ3n) is 3.83. The topological polar surface area (TPSA) is 25.8 Å². The summed E-state index contributed by atoms with van der Waals surface area (Å²) in [6, 6.07) is 16.3. The van der Waals surface area contributed by atoms with Gasteiger partial charge in [-0.05, 0) is 48.9 Å². The van der Waals surface area contributed by atoms with Crippen molar-refractivity contribution < 1.29 is 0 Å². The van der Waals surface area contributed by atoms with Crippen LogP contribution in [0.5, 0.6) is 0 Å². The van der Waals surface area contributed by atoms with Gasteiger partial charge in [-0.3, -0.25) is 0 Å². The fraction of sp³-hybridized carbons (Fsp3) is 0.182. The average Bonchev–Trinajstić information content (AvgIpc) is 3.26. The van der Waals surface area contributed by atoms with Gasteiger partial charge in [-0.2, -0.15) is 0 Å². The molecule has 0 bridgehead atoms. The van der Waals surface area contributed by atoms with Gasteiger partial charge in [0.1, 0.15) is 0 Å². The summed E-state index contributed by atoms with van der Waals surface area (Å²) >= 11 is 3.31. The van der Waals surface area contributed by atoms with E-state index in [0.29, 0.717) is 0 Å². The lowest BCUT2D eigenvalue weighted by Crippen LogP contribution is -1.75. The van der Waals surface area contributed by atoms with Crippen LogP contribution in [0.1, 0.15) is 35.7 Å². The van der Waals surface area contributed by atoms with Crippen molar-refractivity contribution in [3.05, 3.63) is 58.5 Å². The van der Waals surface area contributed by atoms with Crippen LogP contribution in [0, 0.1) is 23.7 Å². The van der Waals surface area contributed by atoms with Crippen molar-refractivity contribution >= 4 is 43.1 Å². The van der Waals surface area contributed by atoms with Crippen LogP contribution in [0.15, 0.2) is 48.5 Å². The van der Waals surface area contributed by atoms with Crippen LogP contribution >= 0.6 is 22.7 Å². The molecule has 0 spiro atoms. The number of fused-ring (bicyclic) bond motifs is 2. The molecule has 126 valence electrons. The van der Waals surface area contributed by atoms with Gasteiger partial charge in [0.15, 0.2) is 10.0 Å². The van der Waals surface area contributed by atoms with Gasteiger partial charge < -0.3 is 0 Å². The standard InChI is InChI=1S/C22H16N2S2/c1(3-5-15-21-23-17-11-7-9-13-19(17)25-21)2-4-6-16-22-24-18-12-8-10-14-20(18)26-22/h7-14H,1-4H2.